The molecule has 3 amide bonds. The Hall–Kier alpha value is -3.25. The summed E-state index contributed by atoms with van der Waals surface area (Å²) in [6.07, 6.45) is -0.686. The molecular formula is C23H25F3N4O4S. The molecule has 2 unspecified atom stereocenters. The molecule has 2 heterocycles. The number of alkyl halides is 3. The Balaban J connectivity index is 0.00000167. The van der Waals surface area contributed by atoms with E-state index in [-0.39, 0.29) is 28.9 Å². The van der Waals surface area contributed by atoms with Crippen molar-refractivity contribution in [1.29, 1.82) is 0 Å². The van der Waals surface area contributed by atoms with E-state index in [4.69, 9.17) is 9.57 Å². The van der Waals surface area contributed by atoms with Crippen LogP contribution in [0.15, 0.2) is 58.4 Å². The molecule has 35 heavy (non-hydrogen) atoms. The summed E-state index contributed by atoms with van der Waals surface area (Å²) in [7, 11) is 1.53. The highest BCUT2D eigenvalue weighted by Crippen LogP contribution is 2.38. The third kappa shape index (κ3) is 5.88. The zero-order valence-electron chi connectivity index (χ0n) is 19.5. The molecule has 0 saturated carbocycles. The fourth-order valence-corrected chi connectivity index (χ4v) is 4.04. The smallest absolute Gasteiger partial charge is 0.446 e. The zero-order valence-corrected chi connectivity index (χ0v) is 20.3. The quantitative estimate of drug-likeness (QED) is 0.429. The van der Waals surface area contributed by atoms with Crippen molar-refractivity contribution < 1.29 is 32.3 Å². The van der Waals surface area contributed by atoms with Crippen LogP contribution in [0.25, 0.3) is 0 Å². The van der Waals surface area contributed by atoms with Gasteiger partial charge in [0, 0.05) is 10.5 Å². The number of rotatable bonds is 6. The van der Waals surface area contributed by atoms with Gasteiger partial charge in [-0.1, -0.05) is 32.0 Å². The molecular weight excluding hydrogens is 485 g/mol. The average molecular weight is 511 g/mol. The predicted molar refractivity (Wildman–Crippen MR) is 126 cm³/mol. The summed E-state index contributed by atoms with van der Waals surface area (Å²) in [4.78, 5) is 37.9. The van der Waals surface area contributed by atoms with E-state index in [9.17, 15) is 22.8 Å². The first-order chi connectivity index (χ1) is 16.7. The Kier molecular flexibility index (Phi) is 8.28. The number of hydroxylamine groups is 1. The van der Waals surface area contributed by atoms with Crippen LogP contribution in [-0.4, -0.2) is 47.9 Å². The van der Waals surface area contributed by atoms with E-state index in [1.54, 1.807) is 19.1 Å². The number of urea groups is 1. The highest BCUT2D eigenvalue weighted by atomic mass is 32.2. The van der Waals surface area contributed by atoms with Crippen LogP contribution in [0, 0.1) is 0 Å². The third-order valence-electron chi connectivity index (χ3n) is 5.10. The lowest BCUT2D eigenvalue weighted by atomic mass is 10.2. The molecule has 1 fully saturated rings. The number of ether oxygens (including phenoxy) is 1. The van der Waals surface area contributed by atoms with Gasteiger partial charge in [0.1, 0.15) is 17.6 Å². The van der Waals surface area contributed by atoms with E-state index >= 15 is 0 Å². The second-order valence-corrected chi connectivity index (χ2v) is 8.33. The largest absolute Gasteiger partial charge is 0.496 e. The second-order valence-electron chi connectivity index (χ2n) is 7.19. The first-order valence-electron chi connectivity index (χ1n) is 10.8. The van der Waals surface area contributed by atoms with Gasteiger partial charge in [-0.05, 0) is 49.0 Å². The SMILES string of the molecule is CC.COc1ccccc1C1N=C(CN2C(=O)N(c3ccc(SC(F)(F)F)cc3)C(=O)C2C)NO1. The van der Waals surface area contributed by atoms with Crippen molar-refractivity contribution >= 4 is 35.2 Å². The van der Waals surface area contributed by atoms with Gasteiger partial charge in [-0.3, -0.25) is 4.79 Å². The fourth-order valence-electron chi connectivity index (χ4n) is 3.50. The van der Waals surface area contributed by atoms with Crippen LogP contribution in [0.4, 0.5) is 23.7 Å². The Morgan fingerprint density at radius 3 is 2.40 bits per heavy atom. The maximum atomic E-state index is 13.0. The number of para-hydroxylation sites is 1. The molecule has 0 spiro atoms. The van der Waals surface area contributed by atoms with Gasteiger partial charge in [-0.15, -0.1) is 0 Å². The van der Waals surface area contributed by atoms with Gasteiger partial charge in [0.05, 0.1) is 19.3 Å². The molecule has 1 N–H and O–H groups in total. The van der Waals surface area contributed by atoms with Gasteiger partial charge < -0.3 is 9.64 Å². The van der Waals surface area contributed by atoms with Crippen molar-refractivity contribution in [3.63, 3.8) is 0 Å². The fraction of sp³-hybridized carbons (Fsp3) is 0.348. The number of amides is 3. The van der Waals surface area contributed by atoms with Gasteiger partial charge in [-0.25, -0.2) is 25.0 Å². The maximum Gasteiger partial charge on any atom is 0.446 e. The molecule has 2 aromatic carbocycles. The van der Waals surface area contributed by atoms with E-state index in [2.05, 4.69) is 10.5 Å². The number of nitrogens with one attached hydrogen (secondary N) is 1. The molecule has 4 rings (SSSR count). The van der Waals surface area contributed by atoms with Crippen molar-refractivity contribution in [3.8, 4) is 5.75 Å². The molecule has 188 valence electrons. The molecule has 0 aromatic heterocycles. The summed E-state index contributed by atoms with van der Waals surface area (Å²) in [5, 5.41) is 0. The van der Waals surface area contributed by atoms with E-state index in [0.717, 1.165) is 4.90 Å². The highest BCUT2D eigenvalue weighted by molar-refractivity contribution is 8.00. The van der Waals surface area contributed by atoms with Crippen LogP contribution >= 0.6 is 11.8 Å². The molecule has 2 aromatic rings. The Bertz CT molecular complexity index is 1090. The van der Waals surface area contributed by atoms with Crippen LogP contribution < -0.4 is 15.1 Å². The second kappa shape index (κ2) is 11.0. The summed E-state index contributed by atoms with van der Waals surface area (Å²) in [5.41, 5.74) is -0.859. The van der Waals surface area contributed by atoms with Crippen molar-refractivity contribution in [1.82, 2.24) is 10.4 Å². The van der Waals surface area contributed by atoms with Crippen LogP contribution in [0.2, 0.25) is 0 Å². The monoisotopic (exact) mass is 510 g/mol. The summed E-state index contributed by atoms with van der Waals surface area (Å²) >= 11 is -0.269. The van der Waals surface area contributed by atoms with Gasteiger partial charge in [0.25, 0.3) is 5.91 Å². The normalized spacial score (nSPS) is 19.8. The molecule has 12 heteroatoms. The van der Waals surface area contributed by atoms with E-state index in [0.29, 0.717) is 17.1 Å². The number of imide groups is 1. The number of methoxy groups -OCH3 is 1. The lowest BCUT2D eigenvalue weighted by Gasteiger charge is -2.19. The molecule has 2 atom stereocenters. The minimum absolute atomic E-state index is 0.0180. The average Bonchev–Trinajstić information content (AvgIpc) is 3.39. The lowest BCUT2D eigenvalue weighted by molar-refractivity contribution is -0.119. The third-order valence-corrected chi connectivity index (χ3v) is 5.84. The number of hydrogen-bond donors (Lipinski definition) is 1. The molecule has 1 saturated heterocycles. The first-order valence-corrected chi connectivity index (χ1v) is 11.6. The van der Waals surface area contributed by atoms with Gasteiger partial charge in [0.2, 0.25) is 6.23 Å². The Morgan fingerprint density at radius 1 is 1.11 bits per heavy atom. The van der Waals surface area contributed by atoms with Gasteiger partial charge in [0.15, 0.2) is 0 Å². The van der Waals surface area contributed by atoms with Crippen molar-refractivity contribution in [2.45, 2.75) is 43.4 Å². The van der Waals surface area contributed by atoms with Crippen LogP contribution in [-0.2, 0) is 9.63 Å². The number of nitrogens with zero attached hydrogens (tertiary/aromatic N) is 3. The van der Waals surface area contributed by atoms with E-state index in [1.165, 1.54) is 36.3 Å². The minimum Gasteiger partial charge on any atom is -0.496 e. The number of anilines is 1. The number of hydrogen-bond acceptors (Lipinski definition) is 7. The van der Waals surface area contributed by atoms with Crippen LogP contribution in [0.5, 0.6) is 5.75 Å². The highest BCUT2D eigenvalue weighted by Gasteiger charge is 2.44. The maximum absolute atomic E-state index is 13.0. The molecule has 2 aliphatic rings. The summed E-state index contributed by atoms with van der Waals surface area (Å²) in [5.74, 6) is 0.447. The molecule has 8 nitrogen and oxygen atoms in total. The predicted octanol–water partition coefficient (Wildman–Crippen LogP) is 5.12. The number of benzene rings is 2. The van der Waals surface area contributed by atoms with Crippen molar-refractivity contribution in [2.75, 3.05) is 18.6 Å². The zero-order chi connectivity index (χ0) is 25.8. The summed E-state index contributed by atoms with van der Waals surface area (Å²) < 4.78 is 43.0. The Labute approximate surface area is 205 Å². The number of amidine groups is 1. The van der Waals surface area contributed by atoms with Crippen molar-refractivity contribution in [2.24, 2.45) is 4.99 Å². The summed E-state index contributed by atoms with van der Waals surface area (Å²) in [6.45, 7) is 5.55. The summed E-state index contributed by atoms with van der Waals surface area (Å²) in [6, 6.07) is 10.9. The van der Waals surface area contributed by atoms with Gasteiger partial charge in [-0.2, -0.15) is 13.2 Å². The Morgan fingerprint density at radius 2 is 1.77 bits per heavy atom. The molecule has 0 radical (unpaired) electrons. The van der Waals surface area contributed by atoms with E-state index < -0.39 is 29.7 Å². The topological polar surface area (TPSA) is 83.5 Å². The standard InChI is InChI=1S/C21H19F3N4O4S.C2H6/c1-12-19(29)28(13-7-9-14(10-8-13)33-21(22,23)24)20(30)27(12)11-17-25-18(32-26-17)15-5-3-4-6-16(15)31-2;1-2/h3-10,12,18H,11H2,1-2H3,(H,25,26);1-2H3. The minimum atomic E-state index is -4.43. The molecule has 0 aliphatic carbocycles. The van der Waals surface area contributed by atoms with Gasteiger partial charge >= 0.3 is 11.5 Å². The molecule has 2 aliphatic heterocycles. The number of carbonyl (C=O) groups is 2. The molecule has 0 bridgehead atoms. The van der Waals surface area contributed by atoms with Crippen LogP contribution in [0.3, 0.4) is 0 Å². The number of halogens is 3. The lowest BCUT2D eigenvalue weighted by Crippen LogP contribution is -2.40. The number of aliphatic imine (C=N–C) groups is 1. The van der Waals surface area contributed by atoms with Crippen molar-refractivity contribution in [3.05, 3.63) is 54.1 Å². The van der Waals surface area contributed by atoms with Crippen LogP contribution in [0.1, 0.15) is 32.6 Å². The van der Waals surface area contributed by atoms with E-state index in [1.807, 2.05) is 26.0 Å². The number of carbonyl (C=O) groups excluding carboxylic acids is 2. The first kappa shape index (κ1) is 26.4. The number of thioether (sulfide) groups is 1.